The highest BCUT2D eigenvalue weighted by molar-refractivity contribution is 6.07. The first-order valence-electron chi connectivity index (χ1n) is 5.89. The number of halogens is 1. The Labute approximate surface area is 114 Å². The lowest BCUT2D eigenvalue weighted by molar-refractivity contribution is 0.0692. The van der Waals surface area contributed by atoms with Crippen molar-refractivity contribution in [3.8, 4) is 0 Å². The van der Waals surface area contributed by atoms with Crippen molar-refractivity contribution in [1.82, 2.24) is 4.98 Å². The number of carbonyl (C=O) groups is 2. The molecule has 2 aromatic rings. The molecule has 5 nitrogen and oxygen atoms in total. The van der Waals surface area contributed by atoms with Crippen LogP contribution in [0.4, 0.5) is 10.1 Å². The number of benzene rings is 1. The highest BCUT2D eigenvalue weighted by Crippen LogP contribution is 2.19. The minimum absolute atomic E-state index is 0.112. The monoisotopic (exact) mass is 276 g/mol. The van der Waals surface area contributed by atoms with Gasteiger partial charge in [0.05, 0.1) is 11.3 Å². The molecule has 0 radical (unpaired) electrons. The number of aromatic carboxylic acids is 1. The van der Waals surface area contributed by atoms with Gasteiger partial charge in [0, 0.05) is 5.69 Å². The lowest BCUT2D eigenvalue weighted by Gasteiger charge is -2.06. The maximum absolute atomic E-state index is 13.8. The third kappa shape index (κ3) is 2.54. The van der Waals surface area contributed by atoms with E-state index in [4.69, 9.17) is 5.11 Å². The number of carboxylic acids is 1. The van der Waals surface area contributed by atoms with Crippen LogP contribution in [-0.2, 0) is 0 Å². The zero-order valence-corrected chi connectivity index (χ0v) is 11.0. The number of carbonyl (C=O) groups excluding carboxylic acids is 1. The summed E-state index contributed by atoms with van der Waals surface area (Å²) in [7, 11) is 0. The number of carboxylic acid groups (broad SMARTS) is 1. The first kappa shape index (κ1) is 13.8. The summed E-state index contributed by atoms with van der Waals surface area (Å²) in [6.07, 6.45) is 0. The van der Waals surface area contributed by atoms with E-state index in [2.05, 4.69) is 10.3 Å². The van der Waals surface area contributed by atoms with Crippen molar-refractivity contribution in [1.29, 1.82) is 0 Å². The highest BCUT2D eigenvalue weighted by atomic mass is 19.1. The van der Waals surface area contributed by atoms with E-state index in [-0.39, 0.29) is 16.9 Å². The molecule has 0 aliphatic heterocycles. The number of anilines is 1. The molecule has 0 aliphatic carbocycles. The molecule has 0 unspecified atom stereocenters. The molecule has 104 valence electrons. The van der Waals surface area contributed by atoms with Gasteiger partial charge in [-0.05, 0) is 31.5 Å². The Balaban J connectivity index is 2.33. The SMILES string of the molecule is Cc1cc(NC(=O)c2cccc(C)c2F)c(C(=O)O)[nH]1. The Morgan fingerprint density at radius 1 is 1.30 bits per heavy atom. The van der Waals surface area contributed by atoms with E-state index in [1.807, 2.05) is 0 Å². The predicted molar refractivity (Wildman–Crippen MR) is 71.6 cm³/mol. The Morgan fingerprint density at radius 2 is 2.00 bits per heavy atom. The number of hydrogen-bond acceptors (Lipinski definition) is 2. The number of nitrogens with one attached hydrogen (secondary N) is 2. The van der Waals surface area contributed by atoms with E-state index < -0.39 is 17.7 Å². The van der Waals surface area contributed by atoms with Crippen LogP contribution in [0.5, 0.6) is 0 Å². The van der Waals surface area contributed by atoms with Gasteiger partial charge in [0.2, 0.25) is 0 Å². The van der Waals surface area contributed by atoms with E-state index in [9.17, 15) is 14.0 Å². The summed E-state index contributed by atoms with van der Waals surface area (Å²) in [4.78, 5) is 25.6. The predicted octanol–water partition coefficient (Wildman–Crippen LogP) is 2.72. The molecule has 20 heavy (non-hydrogen) atoms. The Hall–Kier alpha value is -2.63. The lowest BCUT2D eigenvalue weighted by atomic mass is 10.1. The smallest absolute Gasteiger partial charge is 0.354 e. The van der Waals surface area contributed by atoms with E-state index in [0.29, 0.717) is 11.3 Å². The van der Waals surface area contributed by atoms with Crippen LogP contribution in [0.2, 0.25) is 0 Å². The summed E-state index contributed by atoms with van der Waals surface area (Å²) in [5.41, 5.74) is 0.786. The largest absolute Gasteiger partial charge is 0.477 e. The molecule has 0 fully saturated rings. The van der Waals surface area contributed by atoms with Gasteiger partial charge < -0.3 is 15.4 Å². The molecule has 0 bridgehead atoms. The van der Waals surface area contributed by atoms with Gasteiger partial charge in [0.15, 0.2) is 0 Å². The molecule has 0 spiro atoms. The van der Waals surface area contributed by atoms with E-state index in [1.54, 1.807) is 26.0 Å². The van der Waals surface area contributed by atoms with Crippen molar-refractivity contribution in [2.75, 3.05) is 5.32 Å². The second kappa shape index (κ2) is 5.16. The normalized spacial score (nSPS) is 10.3. The second-order valence-corrected chi connectivity index (χ2v) is 4.44. The molecule has 1 heterocycles. The molecule has 0 saturated heterocycles. The summed E-state index contributed by atoms with van der Waals surface area (Å²) >= 11 is 0. The van der Waals surface area contributed by atoms with Crippen LogP contribution < -0.4 is 5.32 Å². The van der Waals surface area contributed by atoms with Crippen LogP contribution in [0.1, 0.15) is 32.1 Å². The van der Waals surface area contributed by atoms with Crippen molar-refractivity contribution in [3.63, 3.8) is 0 Å². The van der Waals surface area contributed by atoms with Crippen LogP contribution in [-0.4, -0.2) is 22.0 Å². The molecule has 0 atom stereocenters. The minimum atomic E-state index is -1.20. The zero-order chi connectivity index (χ0) is 14.9. The average Bonchev–Trinajstić information content (AvgIpc) is 2.73. The van der Waals surface area contributed by atoms with E-state index in [1.165, 1.54) is 12.1 Å². The number of aromatic amines is 1. The molecular formula is C14H13FN2O3. The standard InChI is InChI=1S/C14H13FN2O3/c1-7-4-3-5-9(11(7)15)13(18)17-10-6-8(2)16-12(10)14(19)20/h3-6,16H,1-2H3,(H,17,18)(H,19,20). The zero-order valence-electron chi connectivity index (χ0n) is 11.0. The number of rotatable bonds is 3. The fourth-order valence-corrected chi connectivity index (χ4v) is 1.87. The maximum atomic E-state index is 13.8. The van der Waals surface area contributed by atoms with Crippen LogP contribution in [0.3, 0.4) is 0 Å². The minimum Gasteiger partial charge on any atom is -0.477 e. The molecule has 2 rings (SSSR count). The van der Waals surface area contributed by atoms with Gasteiger partial charge >= 0.3 is 5.97 Å². The Morgan fingerprint density at radius 3 is 2.65 bits per heavy atom. The van der Waals surface area contributed by atoms with Crippen molar-refractivity contribution in [2.45, 2.75) is 13.8 Å². The molecule has 1 aromatic carbocycles. The van der Waals surface area contributed by atoms with Gasteiger partial charge in [-0.3, -0.25) is 4.79 Å². The van der Waals surface area contributed by atoms with Crippen LogP contribution in [0.25, 0.3) is 0 Å². The van der Waals surface area contributed by atoms with Crippen molar-refractivity contribution in [3.05, 3.63) is 52.6 Å². The topological polar surface area (TPSA) is 82.2 Å². The Bertz CT molecular complexity index is 692. The molecule has 3 N–H and O–H groups in total. The number of H-pyrrole nitrogens is 1. The van der Waals surface area contributed by atoms with E-state index in [0.717, 1.165) is 0 Å². The average molecular weight is 276 g/mol. The van der Waals surface area contributed by atoms with Crippen LogP contribution in [0, 0.1) is 19.7 Å². The first-order valence-corrected chi connectivity index (χ1v) is 5.89. The van der Waals surface area contributed by atoms with Gasteiger partial charge in [0.25, 0.3) is 5.91 Å². The summed E-state index contributed by atoms with van der Waals surface area (Å²) in [5, 5.41) is 11.4. The summed E-state index contributed by atoms with van der Waals surface area (Å²) in [6, 6.07) is 5.94. The fourth-order valence-electron chi connectivity index (χ4n) is 1.87. The molecule has 1 aromatic heterocycles. The second-order valence-electron chi connectivity index (χ2n) is 4.44. The van der Waals surface area contributed by atoms with Crippen molar-refractivity contribution in [2.24, 2.45) is 0 Å². The van der Waals surface area contributed by atoms with Gasteiger partial charge in [-0.25, -0.2) is 9.18 Å². The summed E-state index contributed by atoms with van der Waals surface area (Å²) in [6.45, 7) is 3.21. The van der Waals surface area contributed by atoms with Gasteiger partial charge in [-0.2, -0.15) is 0 Å². The number of aryl methyl sites for hydroxylation is 2. The Kier molecular flexibility index (Phi) is 3.56. The van der Waals surface area contributed by atoms with Crippen molar-refractivity contribution >= 4 is 17.6 Å². The van der Waals surface area contributed by atoms with Gasteiger partial charge in [0.1, 0.15) is 11.5 Å². The summed E-state index contributed by atoms with van der Waals surface area (Å²) in [5.74, 6) is -2.50. The summed E-state index contributed by atoms with van der Waals surface area (Å²) < 4.78 is 13.8. The molecule has 1 amide bonds. The fraction of sp³-hybridized carbons (Fsp3) is 0.143. The molecule has 0 saturated carbocycles. The van der Waals surface area contributed by atoms with Crippen molar-refractivity contribution < 1.29 is 19.1 Å². The maximum Gasteiger partial charge on any atom is 0.354 e. The lowest BCUT2D eigenvalue weighted by Crippen LogP contribution is -2.16. The molecule has 0 aliphatic rings. The van der Waals surface area contributed by atoms with Gasteiger partial charge in [-0.15, -0.1) is 0 Å². The quantitative estimate of drug-likeness (QED) is 0.806. The number of hydrogen-bond donors (Lipinski definition) is 3. The molecular weight excluding hydrogens is 263 g/mol. The third-order valence-electron chi connectivity index (χ3n) is 2.85. The number of amides is 1. The van der Waals surface area contributed by atoms with E-state index >= 15 is 0 Å². The van der Waals surface area contributed by atoms with Gasteiger partial charge in [-0.1, -0.05) is 12.1 Å². The number of aromatic nitrogens is 1. The molecule has 6 heteroatoms. The van der Waals surface area contributed by atoms with Crippen LogP contribution >= 0.6 is 0 Å². The van der Waals surface area contributed by atoms with Crippen LogP contribution in [0.15, 0.2) is 24.3 Å². The highest BCUT2D eigenvalue weighted by Gasteiger charge is 2.18. The first-order chi connectivity index (χ1) is 9.40. The third-order valence-corrected chi connectivity index (χ3v) is 2.85.